The molecule has 8 heteroatoms. The first-order valence-corrected chi connectivity index (χ1v) is 5.19. The molecule has 5 N–H and O–H groups in total. The third-order valence-corrected chi connectivity index (χ3v) is 2.52. The monoisotopic (exact) mass is 260 g/mol. The number of amides is 1. The van der Waals surface area contributed by atoms with Crippen LogP contribution >= 0.6 is 0 Å². The van der Waals surface area contributed by atoms with Crippen molar-refractivity contribution in [1.82, 2.24) is 10.9 Å². The maximum absolute atomic E-state index is 13.3. The molecule has 1 fully saturated rings. The lowest BCUT2D eigenvalue weighted by molar-refractivity contribution is -0.117. The van der Waals surface area contributed by atoms with Crippen LogP contribution in [0.5, 0.6) is 0 Å². The summed E-state index contributed by atoms with van der Waals surface area (Å²) in [5, 5.41) is 2.16. The zero-order valence-corrected chi connectivity index (χ0v) is 9.14. The van der Waals surface area contributed by atoms with E-state index in [0.717, 1.165) is 0 Å². The second kappa shape index (κ2) is 4.92. The molecule has 1 aromatic carbocycles. The van der Waals surface area contributed by atoms with E-state index in [1.807, 2.05) is 0 Å². The Kier molecular flexibility index (Phi) is 3.50. The summed E-state index contributed by atoms with van der Waals surface area (Å²) < 4.78 is 38.9. The lowest BCUT2D eigenvalue weighted by Crippen LogP contribution is -2.41. The first-order valence-electron chi connectivity index (χ1n) is 5.19. The smallest absolute Gasteiger partial charge is 0.243 e. The highest BCUT2D eigenvalue weighted by molar-refractivity contribution is 5.95. The molecule has 5 nitrogen and oxygen atoms in total. The Balaban J connectivity index is 2.09. The van der Waals surface area contributed by atoms with E-state index in [1.165, 1.54) is 0 Å². The van der Waals surface area contributed by atoms with E-state index in [4.69, 9.17) is 5.73 Å². The Hall–Kier alpha value is -1.64. The summed E-state index contributed by atoms with van der Waals surface area (Å²) in [5.41, 5.74) is 10.3. The summed E-state index contributed by atoms with van der Waals surface area (Å²) in [6, 6.07) is 0.300. The highest BCUT2D eigenvalue weighted by Crippen LogP contribution is 2.19. The van der Waals surface area contributed by atoms with Crippen LogP contribution in [0, 0.1) is 17.5 Å². The highest BCUT2D eigenvalue weighted by Gasteiger charge is 2.27. The number of hydrogen-bond donors (Lipinski definition) is 4. The van der Waals surface area contributed by atoms with Gasteiger partial charge in [0.15, 0.2) is 11.6 Å². The Bertz CT molecular complexity index is 482. The number of rotatable bonds is 2. The summed E-state index contributed by atoms with van der Waals surface area (Å²) in [4.78, 5) is 11.7. The SMILES string of the molecule is NC1CC(C(=O)Nc2cc(F)c(F)cc2F)NN1. The number of hydrazine groups is 1. The molecule has 2 unspecified atom stereocenters. The molecule has 2 atom stereocenters. The fraction of sp³-hybridized carbons (Fsp3) is 0.300. The zero-order valence-electron chi connectivity index (χ0n) is 9.14. The van der Waals surface area contributed by atoms with Crippen molar-refractivity contribution >= 4 is 11.6 Å². The van der Waals surface area contributed by atoms with E-state index in [-0.39, 0.29) is 0 Å². The standard InChI is InChI=1S/C10H11F3N4O/c11-4-1-6(13)7(2-5(4)12)15-10(18)8-3-9(14)17-16-8/h1-2,8-9,16-17H,3,14H2,(H,15,18). The van der Waals surface area contributed by atoms with Crippen molar-refractivity contribution in [3.05, 3.63) is 29.6 Å². The quantitative estimate of drug-likeness (QED) is 0.572. The molecular formula is C10H11F3N4O. The minimum absolute atomic E-state index is 0.303. The topological polar surface area (TPSA) is 79.2 Å². The van der Waals surface area contributed by atoms with Gasteiger partial charge in [-0.1, -0.05) is 0 Å². The number of nitrogens with two attached hydrogens (primary N) is 1. The molecule has 98 valence electrons. The fourth-order valence-electron chi connectivity index (χ4n) is 1.59. The molecule has 0 aromatic heterocycles. The van der Waals surface area contributed by atoms with Crippen LogP contribution in [0.1, 0.15) is 6.42 Å². The molecule has 1 heterocycles. The van der Waals surface area contributed by atoms with Crippen molar-refractivity contribution in [2.45, 2.75) is 18.6 Å². The summed E-state index contributed by atoms with van der Waals surface area (Å²) in [6.45, 7) is 0. The number of anilines is 1. The van der Waals surface area contributed by atoms with Gasteiger partial charge < -0.3 is 11.1 Å². The highest BCUT2D eigenvalue weighted by atomic mass is 19.2. The Labute approximate surface area is 101 Å². The summed E-state index contributed by atoms with van der Waals surface area (Å²) in [6.07, 6.45) is -0.0903. The average Bonchev–Trinajstić information content (AvgIpc) is 2.73. The molecule has 1 aliphatic heterocycles. The molecule has 2 rings (SSSR count). The van der Waals surface area contributed by atoms with E-state index < -0.39 is 41.3 Å². The van der Waals surface area contributed by atoms with E-state index in [0.29, 0.717) is 18.6 Å². The molecule has 1 amide bonds. The van der Waals surface area contributed by atoms with Crippen molar-refractivity contribution in [3.8, 4) is 0 Å². The van der Waals surface area contributed by atoms with Crippen LogP contribution in [0.15, 0.2) is 12.1 Å². The van der Waals surface area contributed by atoms with E-state index >= 15 is 0 Å². The van der Waals surface area contributed by atoms with Crippen molar-refractivity contribution in [1.29, 1.82) is 0 Å². The van der Waals surface area contributed by atoms with Gasteiger partial charge in [-0.3, -0.25) is 4.79 Å². The molecule has 18 heavy (non-hydrogen) atoms. The van der Waals surface area contributed by atoms with Gasteiger partial charge in [0.25, 0.3) is 0 Å². The predicted octanol–water partition coefficient (Wildman–Crippen LogP) is 0.194. The number of benzene rings is 1. The first kappa shape index (κ1) is 12.8. The average molecular weight is 260 g/mol. The fourth-order valence-corrected chi connectivity index (χ4v) is 1.59. The third kappa shape index (κ3) is 2.61. The predicted molar refractivity (Wildman–Crippen MR) is 57.6 cm³/mol. The molecule has 0 bridgehead atoms. The molecule has 0 saturated carbocycles. The van der Waals surface area contributed by atoms with Gasteiger partial charge in [-0.05, 0) is 0 Å². The zero-order chi connectivity index (χ0) is 13.3. The van der Waals surface area contributed by atoms with Crippen molar-refractivity contribution in [2.75, 3.05) is 5.32 Å². The van der Waals surface area contributed by atoms with Gasteiger partial charge in [0, 0.05) is 18.6 Å². The first-order chi connectivity index (χ1) is 8.47. The minimum atomic E-state index is -1.31. The number of carbonyl (C=O) groups excluding carboxylic acids is 1. The second-order valence-electron chi connectivity index (χ2n) is 3.92. The number of nitrogens with one attached hydrogen (secondary N) is 3. The van der Waals surface area contributed by atoms with Gasteiger partial charge in [0.2, 0.25) is 5.91 Å². The second-order valence-corrected chi connectivity index (χ2v) is 3.92. The summed E-state index contributed by atoms with van der Waals surface area (Å²) in [7, 11) is 0. The Morgan fingerprint density at radius 1 is 1.22 bits per heavy atom. The van der Waals surface area contributed by atoms with Crippen LogP contribution < -0.4 is 21.9 Å². The van der Waals surface area contributed by atoms with E-state index in [9.17, 15) is 18.0 Å². The van der Waals surface area contributed by atoms with Crippen LogP contribution in [0.2, 0.25) is 0 Å². The largest absolute Gasteiger partial charge is 0.322 e. The minimum Gasteiger partial charge on any atom is -0.322 e. The lowest BCUT2D eigenvalue weighted by Gasteiger charge is -2.11. The number of carbonyl (C=O) groups is 1. The molecule has 0 aliphatic carbocycles. The van der Waals surface area contributed by atoms with E-state index in [2.05, 4.69) is 16.2 Å². The van der Waals surface area contributed by atoms with Crippen molar-refractivity contribution in [2.24, 2.45) is 5.73 Å². The molecule has 1 aliphatic rings. The van der Waals surface area contributed by atoms with Crippen LogP contribution in [0.4, 0.5) is 18.9 Å². The number of halogens is 3. The molecule has 1 aromatic rings. The van der Waals surface area contributed by atoms with Gasteiger partial charge in [-0.15, -0.1) is 0 Å². The van der Waals surface area contributed by atoms with Gasteiger partial charge in [-0.2, -0.15) is 0 Å². The van der Waals surface area contributed by atoms with Gasteiger partial charge in [-0.25, -0.2) is 24.0 Å². The summed E-state index contributed by atoms with van der Waals surface area (Å²) >= 11 is 0. The van der Waals surface area contributed by atoms with Crippen LogP contribution in [0.25, 0.3) is 0 Å². The van der Waals surface area contributed by atoms with E-state index in [1.54, 1.807) is 0 Å². The Morgan fingerprint density at radius 3 is 2.50 bits per heavy atom. The van der Waals surface area contributed by atoms with Gasteiger partial charge >= 0.3 is 0 Å². The van der Waals surface area contributed by atoms with Crippen LogP contribution in [0.3, 0.4) is 0 Å². The molecule has 0 spiro atoms. The molecular weight excluding hydrogens is 249 g/mol. The van der Waals surface area contributed by atoms with Crippen molar-refractivity contribution < 1.29 is 18.0 Å². The number of hydrogen-bond acceptors (Lipinski definition) is 4. The van der Waals surface area contributed by atoms with Crippen LogP contribution in [-0.2, 0) is 4.79 Å². The Morgan fingerprint density at radius 2 is 1.89 bits per heavy atom. The maximum Gasteiger partial charge on any atom is 0.243 e. The van der Waals surface area contributed by atoms with Gasteiger partial charge in [0.05, 0.1) is 11.9 Å². The van der Waals surface area contributed by atoms with Gasteiger partial charge in [0.1, 0.15) is 11.9 Å². The summed E-state index contributed by atoms with van der Waals surface area (Å²) in [5.74, 6) is -4.17. The lowest BCUT2D eigenvalue weighted by atomic mass is 10.2. The normalized spacial score (nSPS) is 23.1. The van der Waals surface area contributed by atoms with Crippen LogP contribution in [-0.4, -0.2) is 18.1 Å². The molecule has 0 radical (unpaired) electrons. The third-order valence-electron chi connectivity index (χ3n) is 2.52. The maximum atomic E-state index is 13.3. The van der Waals surface area contributed by atoms with Crippen molar-refractivity contribution in [3.63, 3.8) is 0 Å². The molecule has 1 saturated heterocycles.